The van der Waals surface area contributed by atoms with Crippen LogP contribution in [0.5, 0.6) is 0 Å². The van der Waals surface area contributed by atoms with E-state index in [-0.39, 0.29) is 5.57 Å². The topological polar surface area (TPSA) is 84.5 Å². The molecule has 0 aliphatic carbocycles. The lowest BCUT2D eigenvalue weighted by Gasteiger charge is -2.04. The highest BCUT2D eigenvalue weighted by atomic mass is 32.1. The number of aliphatic carboxylic acids is 1. The van der Waals surface area contributed by atoms with Crippen molar-refractivity contribution in [2.75, 3.05) is 13.2 Å². The molecule has 0 saturated carbocycles. The molecule has 7 aromatic rings. The number of para-hydroxylation sites is 1. The Morgan fingerprint density at radius 1 is 0.606 bits per heavy atom. The van der Waals surface area contributed by atoms with E-state index in [2.05, 4.69) is 106 Å². The van der Waals surface area contributed by atoms with Crippen LogP contribution in [0, 0.1) is 11.3 Å². The quantitative estimate of drug-likeness (QED) is 0.0315. The first-order chi connectivity index (χ1) is 32.3. The normalized spacial score (nSPS) is 12.0. The molecule has 348 valence electrons. The van der Waals surface area contributed by atoms with E-state index in [1.807, 2.05) is 40.1 Å². The van der Waals surface area contributed by atoms with Gasteiger partial charge in [0.05, 0.1) is 23.0 Å². The summed E-state index contributed by atoms with van der Waals surface area (Å²) in [6, 6.07) is 27.1. The Hall–Kier alpha value is -4.34. The van der Waals surface area contributed by atoms with Crippen molar-refractivity contribution >= 4 is 79.2 Å². The van der Waals surface area contributed by atoms with Gasteiger partial charge in [0.15, 0.2) is 0 Å². The number of aromatic nitrogens is 1. The number of fused-ring (bicyclic) bond motifs is 3. The van der Waals surface area contributed by atoms with Gasteiger partial charge in [-0.25, -0.2) is 4.79 Å². The summed E-state index contributed by atoms with van der Waals surface area (Å²) in [6.45, 7) is 14.6. The molecule has 6 nitrogen and oxygen atoms in total. The standard InChI is InChI=1S/C56H66N2O4S4/c1-6-11-15-17-21-38-30-50(63-48(38)32-41(35-57)56(59)60)53-40(22-18-16-12-7-2)31-51(65-53)55-43(37-62-28-14-9-4)34-52(66-55)54-42(36-61-27-13-8-3)33-49(64-54)39-25-26-47-45(29-39)44-23-19-20-24-46(44)58(47)10-5/h19-20,23-26,29-34H,6-18,21-22,27-28,36-37H2,1-5H3,(H,59,60)/b41-32+. The van der Waals surface area contributed by atoms with Crippen LogP contribution in [0.4, 0.5) is 0 Å². The molecule has 66 heavy (non-hydrogen) atoms. The summed E-state index contributed by atoms with van der Waals surface area (Å²) in [6.07, 6.45) is 16.9. The van der Waals surface area contributed by atoms with Crippen LogP contribution in [0.1, 0.15) is 139 Å². The number of nitriles is 1. The van der Waals surface area contributed by atoms with Crippen molar-refractivity contribution in [3.8, 4) is 45.8 Å². The summed E-state index contributed by atoms with van der Waals surface area (Å²) < 4.78 is 15.2. The molecular weight excluding hydrogens is 893 g/mol. The Kier molecular flexibility index (Phi) is 18.5. The number of aryl methyl sites for hydroxylation is 3. The van der Waals surface area contributed by atoms with Crippen molar-refractivity contribution < 1.29 is 19.4 Å². The first kappa shape index (κ1) is 49.6. The van der Waals surface area contributed by atoms with Crippen LogP contribution in [0.3, 0.4) is 0 Å². The van der Waals surface area contributed by atoms with Gasteiger partial charge in [0.25, 0.3) is 0 Å². The van der Waals surface area contributed by atoms with Gasteiger partial charge in [-0.15, -0.1) is 45.3 Å². The van der Waals surface area contributed by atoms with E-state index in [1.54, 1.807) is 17.4 Å². The molecule has 0 unspecified atom stereocenters. The van der Waals surface area contributed by atoms with Crippen LogP contribution >= 0.6 is 45.3 Å². The molecular formula is C56H66N2O4S4. The predicted octanol–water partition coefficient (Wildman–Crippen LogP) is 17.6. The minimum Gasteiger partial charge on any atom is -0.477 e. The van der Waals surface area contributed by atoms with Gasteiger partial charge in [-0.05, 0) is 122 Å². The summed E-state index contributed by atoms with van der Waals surface area (Å²) in [4.78, 5) is 21.6. The zero-order valence-electron chi connectivity index (χ0n) is 39.6. The predicted molar refractivity (Wildman–Crippen MR) is 284 cm³/mol. The fraction of sp³-hybridized carbons (Fsp3) is 0.429. The number of hydrogen-bond donors (Lipinski definition) is 1. The molecule has 5 aromatic heterocycles. The van der Waals surface area contributed by atoms with Crippen LogP contribution in [-0.2, 0) is 46.9 Å². The molecule has 0 amide bonds. The van der Waals surface area contributed by atoms with E-state index in [1.165, 1.54) is 99.0 Å². The largest absolute Gasteiger partial charge is 0.477 e. The second-order valence-corrected chi connectivity index (χ2v) is 21.5. The van der Waals surface area contributed by atoms with Gasteiger partial charge in [0.1, 0.15) is 11.6 Å². The zero-order valence-corrected chi connectivity index (χ0v) is 42.8. The number of rotatable bonds is 27. The summed E-state index contributed by atoms with van der Waals surface area (Å²) in [5.74, 6) is -1.18. The number of thiophene rings is 4. The molecule has 0 fully saturated rings. The van der Waals surface area contributed by atoms with Gasteiger partial charge in [-0.2, -0.15) is 5.26 Å². The number of nitrogens with zero attached hydrogens (tertiary/aromatic N) is 2. The van der Waals surface area contributed by atoms with Crippen molar-refractivity contribution in [3.05, 3.63) is 99.4 Å². The molecule has 0 spiro atoms. The van der Waals surface area contributed by atoms with Crippen molar-refractivity contribution in [2.24, 2.45) is 0 Å². The second kappa shape index (κ2) is 24.6. The van der Waals surface area contributed by atoms with Crippen molar-refractivity contribution in [1.29, 1.82) is 5.26 Å². The van der Waals surface area contributed by atoms with Gasteiger partial charge >= 0.3 is 5.97 Å². The number of hydrogen-bond acceptors (Lipinski definition) is 8. The van der Waals surface area contributed by atoms with E-state index >= 15 is 0 Å². The van der Waals surface area contributed by atoms with Crippen LogP contribution in [0.15, 0.2) is 72.3 Å². The van der Waals surface area contributed by atoms with Crippen molar-refractivity contribution in [1.82, 2.24) is 4.57 Å². The Morgan fingerprint density at radius 2 is 1.14 bits per heavy atom. The van der Waals surface area contributed by atoms with Crippen LogP contribution in [0.25, 0.3) is 67.6 Å². The fourth-order valence-electron chi connectivity index (χ4n) is 8.71. The molecule has 0 aliphatic heterocycles. The molecule has 5 heterocycles. The maximum absolute atomic E-state index is 12.0. The van der Waals surface area contributed by atoms with Crippen LogP contribution < -0.4 is 0 Å². The van der Waals surface area contributed by atoms with E-state index in [0.717, 1.165) is 99.3 Å². The lowest BCUT2D eigenvalue weighted by atomic mass is 10.0. The van der Waals surface area contributed by atoms with E-state index in [9.17, 15) is 15.2 Å². The Morgan fingerprint density at radius 3 is 1.74 bits per heavy atom. The Bertz CT molecular complexity index is 2770. The van der Waals surface area contributed by atoms with Gasteiger partial charge < -0.3 is 19.1 Å². The smallest absolute Gasteiger partial charge is 0.346 e. The first-order valence-corrected chi connectivity index (χ1v) is 27.6. The highest BCUT2D eigenvalue weighted by Gasteiger charge is 2.24. The number of unbranched alkanes of at least 4 members (excludes halogenated alkanes) is 8. The van der Waals surface area contributed by atoms with Crippen molar-refractivity contribution in [3.63, 3.8) is 0 Å². The van der Waals surface area contributed by atoms with Gasteiger partial charge in [-0.3, -0.25) is 0 Å². The molecule has 0 bridgehead atoms. The average molecular weight is 959 g/mol. The molecule has 2 aromatic carbocycles. The molecule has 0 aliphatic rings. The Balaban J connectivity index is 1.33. The third-order valence-corrected chi connectivity index (χ3v) is 17.6. The second-order valence-electron chi connectivity index (χ2n) is 17.3. The number of carbonyl (C=O) groups is 1. The third kappa shape index (κ3) is 11.8. The SMILES string of the molecule is CCCCCCc1cc(-c2sc(-c3sc(-c4sc(-c5ccc6c(c5)c5ccccc5n6CC)cc4COCCCC)cc3COCCCC)cc2CCCCCC)sc1/C=C(\C#N)C(=O)O. The monoisotopic (exact) mass is 958 g/mol. The van der Waals surface area contributed by atoms with E-state index < -0.39 is 5.97 Å². The van der Waals surface area contributed by atoms with E-state index in [4.69, 9.17) is 9.47 Å². The molecule has 0 saturated heterocycles. The van der Waals surface area contributed by atoms with Gasteiger partial charge in [-0.1, -0.05) is 103 Å². The maximum atomic E-state index is 12.0. The molecule has 0 radical (unpaired) electrons. The molecule has 10 heteroatoms. The lowest BCUT2D eigenvalue weighted by molar-refractivity contribution is -0.132. The summed E-state index contributed by atoms with van der Waals surface area (Å²) >= 11 is 7.22. The molecule has 7 rings (SSSR count). The minimum atomic E-state index is -1.18. The minimum absolute atomic E-state index is 0.222. The summed E-state index contributed by atoms with van der Waals surface area (Å²) in [5, 5.41) is 22.2. The fourth-order valence-corrected chi connectivity index (χ4v) is 13.8. The lowest BCUT2D eigenvalue weighted by Crippen LogP contribution is -1.97. The maximum Gasteiger partial charge on any atom is 0.346 e. The van der Waals surface area contributed by atoms with Gasteiger partial charge in [0.2, 0.25) is 0 Å². The zero-order chi connectivity index (χ0) is 46.4. The van der Waals surface area contributed by atoms with E-state index in [0.29, 0.717) is 13.2 Å². The van der Waals surface area contributed by atoms with Crippen LogP contribution in [0.2, 0.25) is 0 Å². The van der Waals surface area contributed by atoms with Crippen molar-refractivity contribution in [2.45, 2.75) is 144 Å². The number of carboxylic acid groups (broad SMARTS) is 1. The first-order valence-electron chi connectivity index (χ1n) is 24.4. The summed E-state index contributed by atoms with van der Waals surface area (Å²) in [5.41, 5.74) is 8.45. The van der Waals surface area contributed by atoms with Gasteiger partial charge in [0, 0.05) is 70.8 Å². The highest BCUT2D eigenvalue weighted by Crippen LogP contribution is 2.50. The summed E-state index contributed by atoms with van der Waals surface area (Å²) in [7, 11) is 0. The Labute approximate surface area is 408 Å². The number of ether oxygens (including phenoxy) is 2. The molecule has 1 N–H and O–H groups in total. The average Bonchev–Trinajstić information content (AvgIpc) is 4.17. The third-order valence-electron chi connectivity index (χ3n) is 12.3. The number of carboxylic acids is 1. The molecule has 0 atom stereocenters. The number of benzene rings is 2. The van der Waals surface area contributed by atoms with Crippen LogP contribution in [-0.4, -0.2) is 28.9 Å². The highest BCUT2D eigenvalue weighted by molar-refractivity contribution is 7.29.